The van der Waals surface area contributed by atoms with Crippen molar-refractivity contribution in [3.63, 3.8) is 0 Å². The lowest BCUT2D eigenvalue weighted by molar-refractivity contribution is -0.123. The Morgan fingerprint density at radius 3 is 2.35 bits per heavy atom. The molecule has 0 bridgehead atoms. The van der Waals surface area contributed by atoms with E-state index in [1.807, 2.05) is 51.1 Å². The highest BCUT2D eigenvalue weighted by molar-refractivity contribution is 5.99. The number of nitrogens with zero attached hydrogens (tertiary/aromatic N) is 1. The molecule has 1 amide bonds. The van der Waals surface area contributed by atoms with Gasteiger partial charge in [-0.1, -0.05) is 57.2 Å². The Balaban J connectivity index is 1.93. The summed E-state index contributed by atoms with van der Waals surface area (Å²) in [5.74, 6) is 0.440. The van der Waals surface area contributed by atoms with Crippen LogP contribution in [0.1, 0.15) is 49.9 Å². The van der Waals surface area contributed by atoms with Gasteiger partial charge in [0, 0.05) is 0 Å². The predicted octanol–water partition coefficient (Wildman–Crippen LogP) is 4.52. The number of amides is 1. The van der Waals surface area contributed by atoms with Crippen LogP contribution >= 0.6 is 0 Å². The van der Waals surface area contributed by atoms with E-state index >= 15 is 0 Å². The van der Waals surface area contributed by atoms with Crippen LogP contribution in [0.25, 0.3) is 0 Å². The van der Waals surface area contributed by atoms with Gasteiger partial charge in [-0.15, -0.1) is 0 Å². The Hall–Kier alpha value is -2.62. The first-order valence-electron chi connectivity index (χ1n) is 8.81. The van der Waals surface area contributed by atoms with Crippen molar-refractivity contribution in [3.05, 3.63) is 64.7 Å². The van der Waals surface area contributed by atoms with Crippen molar-refractivity contribution in [1.29, 1.82) is 0 Å². The van der Waals surface area contributed by atoms with Crippen molar-refractivity contribution in [2.75, 3.05) is 6.61 Å². The van der Waals surface area contributed by atoms with E-state index in [0.29, 0.717) is 0 Å². The summed E-state index contributed by atoms with van der Waals surface area (Å²) in [7, 11) is 0. The van der Waals surface area contributed by atoms with E-state index in [9.17, 15) is 4.79 Å². The lowest BCUT2D eigenvalue weighted by Crippen LogP contribution is -2.25. The maximum atomic E-state index is 12.0. The second kappa shape index (κ2) is 8.17. The third-order valence-electron chi connectivity index (χ3n) is 4.22. The Bertz CT molecular complexity index is 800. The van der Waals surface area contributed by atoms with Crippen molar-refractivity contribution in [3.8, 4) is 5.75 Å². The van der Waals surface area contributed by atoms with Crippen molar-refractivity contribution >= 4 is 11.6 Å². The van der Waals surface area contributed by atoms with E-state index in [-0.39, 0.29) is 17.9 Å². The van der Waals surface area contributed by atoms with Gasteiger partial charge in [0.05, 0.1) is 5.71 Å². The van der Waals surface area contributed by atoms with Crippen LogP contribution in [0.4, 0.5) is 0 Å². The molecule has 1 N–H and O–H groups in total. The lowest BCUT2D eigenvalue weighted by Gasteiger charge is -2.19. The Morgan fingerprint density at radius 2 is 1.73 bits per heavy atom. The zero-order valence-corrected chi connectivity index (χ0v) is 16.5. The standard InChI is InChI=1S/C22H28N2O2/c1-15-7-8-16(2)20(13-15)26-14-21(25)24-23-17(3)18-9-11-19(12-10-18)22(4,5)6/h7-13H,14H2,1-6H3,(H,24,25)/b23-17-. The number of hydrogen-bond acceptors (Lipinski definition) is 3. The van der Waals surface area contributed by atoms with Crippen LogP contribution in [0.2, 0.25) is 0 Å². The molecule has 0 radical (unpaired) electrons. The number of hydrazone groups is 1. The molecule has 0 atom stereocenters. The number of benzene rings is 2. The number of hydrogen-bond donors (Lipinski definition) is 1. The van der Waals surface area contributed by atoms with Gasteiger partial charge in [-0.25, -0.2) is 5.43 Å². The number of ether oxygens (including phenoxy) is 1. The van der Waals surface area contributed by atoms with Crippen molar-refractivity contribution < 1.29 is 9.53 Å². The van der Waals surface area contributed by atoms with Crippen LogP contribution < -0.4 is 10.2 Å². The molecular formula is C22H28N2O2. The molecule has 0 aromatic heterocycles. The van der Waals surface area contributed by atoms with E-state index in [2.05, 4.69) is 43.4 Å². The number of carbonyl (C=O) groups excluding carboxylic acids is 1. The third-order valence-corrected chi connectivity index (χ3v) is 4.22. The van der Waals surface area contributed by atoms with Crippen LogP contribution in [0.15, 0.2) is 47.6 Å². The second-order valence-electron chi connectivity index (χ2n) is 7.62. The molecule has 0 heterocycles. The number of aryl methyl sites for hydroxylation is 2. The first kappa shape index (κ1) is 19.7. The van der Waals surface area contributed by atoms with E-state index in [4.69, 9.17) is 4.74 Å². The highest BCUT2D eigenvalue weighted by Crippen LogP contribution is 2.22. The SMILES string of the molecule is C/C(=N/NC(=O)COc1cc(C)ccc1C)c1ccc(C(C)(C)C)cc1. The maximum Gasteiger partial charge on any atom is 0.277 e. The predicted molar refractivity (Wildman–Crippen MR) is 107 cm³/mol. The normalized spacial score (nSPS) is 12.0. The summed E-state index contributed by atoms with van der Waals surface area (Å²) in [6, 6.07) is 14.2. The molecule has 0 saturated heterocycles. The highest BCUT2D eigenvalue weighted by atomic mass is 16.5. The molecule has 0 aliphatic heterocycles. The van der Waals surface area contributed by atoms with Gasteiger partial charge in [0.2, 0.25) is 0 Å². The van der Waals surface area contributed by atoms with Gasteiger partial charge < -0.3 is 4.74 Å². The van der Waals surface area contributed by atoms with Gasteiger partial charge in [0.25, 0.3) is 5.91 Å². The number of carbonyl (C=O) groups is 1. The number of nitrogens with one attached hydrogen (secondary N) is 1. The van der Waals surface area contributed by atoms with E-state index in [1.165, 1.54) is 5.56 Å². The molecule has 4 nitrogen and oxygen atoms in total. The van der Waals surface area contributed by atoms with Crippen LogP contribution in [0, 0.1) is 13.8 Å². The third kappa shape index (κ3) is 5.45. The quantitative estimate of drug-likeness (QED) is 0.635. The topological polar surface area (TPSA) is 50.7 Å². The molecule has 2 rings (SSSR count). The molecule has 2 aromatic carbocycles. The minimum Gasteiger partial charge on any atom is -0.483 e. The van der Waals surface area contributed by atoms with Gasteiger partial charge >= 0.3 is 0 Å². The fourth-order valence-corrected chi connectivity index (χ4v) is 2.46. The molecule has 138 valence electrons. The zero-order valence-electron chi connectivity index (χ0n) is 16.5. The molecule has 0 aliphatic carbocycles. The minimum atomic E-state index is -0.281. The molecule has 0 fully saturated rings. The summed E-state index contributed by atoms with van der Waals surface area (Å²) in [4.78, 5) is 12.0. The van der Waals surface area contributed by atoms with Crippen molar-refractivity contribution in [2.24, 2.45) is 5.10 Å². The van der Waals surface area contributed by atoms with Gasteiger partial charge in [-0.05, 0) is 54.5 Å². The molecule has 4 heteroatoms. The summed E-state index contributed by atoms with van der Waals surface area (Å²) in [5, 5.41) is 4.18. The average molecular weight is 352 g/mol. The molecule has 0 unspecified atom stereocenters. The minimum absolute atomic E-state index is 0.0654. The fraction of sp³-hybridized carbons (Fsp3) is 0.364. The second-order valence-corrected chi connectivity index (χ2v) is 7.62. The molecule has 26 heavy (non-hydrogen) atoms. The molecule has 0 aliphatic rings. The van der Waals surface area contributed by atoms with E-state index < -0.39 is 0 Å². The van der Waals surface area contributed by atoms with Gasteiger partial charge in [-0.3, -0.25) is 4.79 Å². The van der Waals surface area contributed by atoms with Crippen LogP contribution in [0.3, 0.4) is 0 Å². The molecule has 2 aromatic rings. The lowest BCUT2D eigenvalue weighted by atomic mass is 9.86. The van der Waals surface area contributed by atoms with E-state index in [0.717, 1.165) is 28.2 Å². The van der Waals surface area contributed by atoms with E-state index in [1.54, 1.807) is 0 Å². The highest BCUT2D eigenvalue weighted by Gasteiger charge is 2.13. The summed E-state index contributed by atoms with van der Waals surface area (Å²) >= 11 is 0. The summed E-state index contributed by atoms with van der Waals surface area (Å²) in [6.45, 7) is 12.3. The average Bonchev–Trinajstić information content (AvgIpc) is 2.59. The summed E-state index contributed by atoms with van der Waals surface area (Å²) < 4.78 is 5.59. The first-order chi connectivity index (χ1) is 12.2. The zero-order chi connectivity index (χ0) is 19.3. The Labute approximate surface area is 156 Å². The molecule has 0 saturated carbocycles. The monoisotopic (exact) mass is 352 g/mol. The fourth-order valence-electron chi connectivity index (χ4n) is 2.46. The van der Waals surface area contributed by atoms with Gasteiger partial charge in [0.15, 0.2) is 6.61 Å². The maximum absolute atomic E-state index is 12.0. The summed E-state index contributed by atoms with van der Waals surface area (Å²) in [6.07, 6.45) is 0. The Morgan fingerprint density at radius 1 is 1.08 bits per heavy atom. The molecule has 0 spiro atoms. The van der Waals surface area contributed by atoms with Gasteiger partial charge in [-0.2, -0.15) is 5.10 Å². The summed E-state index contributed by atoms with van der Waals surface area (Å²) in [5.41, 5.74) is 7.77. The van der Waals surface area contributed by atoms with Crippen LogP contribution in [-0.4, -0.2) is 18.2 Å². The largest absolute Gasteiger partial charge is 0.483 e. The van der Waals surface area contributed by atoms with Gasteiger partial charge in [0.1, 0.15) is 5.75 Å². The van der Waals surface area contributed by atoms with Crippen LogP contribution in [0.5, 0.6) is 5.75 Å². The first-order valence-corrected chi connectivity index (χ1v) is 8.81. The Kier molecular flexibility index (Phi) is 6.19. The number of rotatable bonds is 5. The van der Waals surface area contributed by atoms with Crippen molar-refractivity contribution in [2.45, 2.75) is 47.0 Å². The van der Waals surface area contributed by atoms with Crippen LogP contribution in [-0.2, 0) is 10.2 Å². The van der Waals surface area contributed by atoms with Crippen molar-refractivity contribution in [1.82, 2.24) is 5.43 Å². The molecular weight excluding hydrogens is 324 g/mol. The smallest absolute Gasteiger partial charge is 0.277 e.